The zero-order valence-corrected chi connectivity index (χ0v) is 18.6. The molecule has 0 atom stereocenters. The van der Waals surface area contributed by atoms with Gasteiger partial charge in [0.2, 0.25) is 0 Å². The molecule has 31 heavy (non-hydrogen) atoms. The molecule has 1 saturated heterocycles. The molecule has 1 aliphatic rings. The van der Waals surface area contributed by atoms with Crippen LogP contribution in [-0.2, 0) is 20.9 Å². The molecule has 8 heteroatoms. The normalized spacial score (nSPS) is 16.3. The first-order chi connectivity index (χ1) is 15.0. The summed E-state index contributed by atoms with van der Waals surface area (Å²) < 4.78 is 7.04. The number of ether oxygens (including phenoxy) is 1. The van der Waals surface area contributed by atoms with Gasteiger partial charge in [-0.25, -0.2) is 4.99 Å². The monoisotopic (exact) mass is 453 g/mol. The van der Waals surface area contributed by atoms with Crippen LogP contribution in [0.15, 0.2) is 58.4 Å². The van der Waals surface area contributed by atoms with E-state index in [9.17, 15) is 9.59 Å². The zero-order valence-electron chi connectivity index (χ0n) is 17.0. The molecule has 2 aromatic carbocycles. The fourth-order valence-electron chi connectivity index (χ4n) is 3.42. The number of amidine groups is 1. The molecule has 0 spiro atoms. The van der Waals surface area contributed by atoms with Gasteiger partial charge < -0.3 is 14.6 Å². The van der Waals surface area contributed by atoms with E-state index in [1.54, 1.807) is 31.2 Å². The quantitative estimate of drug-likeness (QED) is 0.433. The number of nitrogens with zero attached hydrogens (tertiary/aromatic N) is 2. The van der Waals surface area contributed by atoms with Crippen LogP contribution in [0.4, 0.5) is 5.69 Å². The number of halogens is 1. The Balaban J connectivity index is 1.69. The first-order valence-corrected chi connectivity index (χ1v) is 10.9. The number of benzene rings is 2. The lowest BCUT2D eigenvalue weighted by molar-refractivity contribution is -0.143. The number of amides is 1. The molecule has 1 amide bonds. The lowest BCUT2D eigenvalue weighted by atomic mass is 10.1. The second-order valence-corrected chi connectivity index (χ2v) is 8.33. The van der Waals surface area contributed by atoms with Crippen LogP contribution in [0.1, 0.15) is 18.2 Å². The average molecular weight is 454 g/mol. The van der Waals surface area contributed by atoms with E-state index in [-0.39, 0.29) is 18.4 Å². The van der Waals surface area contributed by atoms with Crippen LogP contribution >= 0.6 is 23.4 Å². The highest BCUT2D eigenvalue weighted by molar-refractivity contribution is 8.18. The molecule has 0 bridgehead atoms. The van der Waals surface area contributed by atoms with Gasteiger partial charge in [-0.05, 0) is 62.0 Å². The minimum Gasteiger partial charge on any atom is -0.465 e. The number of carbonyl (C=O) groups is 2. The number of hydrogen-bond donors (Lipinski definition) is 1. The average Bonchev–Trinajstić information content (AvgIpc) is 3.22. The van der Waals surface area contributed by atoms with Crippen molar-refractivity contribution in [3.63, 3.8) is 0 Å². The number of rotatable bonds is 5. The van der Waals surface area contributed by atoms with Gasteiger partial charge in [0.1, 0.15) is 6.54 Å². The van der Waals surface area contributed by atoms with Gasteiger partial charge in [0.25, 0.3) is 5.91 Å². The number of thioether (sulfide) groups is 1. The highest BCUT2D eigenvalue weighted by atomic mass is 35.5. The summed E-state index contributed by atoms with van der Waals surface area (Å²) in [6.45, 7) is 4.17. The topological polar surface area (TPSA) is 72.7 Å². The third kappa shape index (κ3) is 4.52. The molecule has 1 aliphatic heterocycles. The van der Waals surface area contributed by atoms with Crippen LogP contribution in [0.2, 0.25) is 5.02 Å². The molecular weight excluding hydrogens is 434 g/mol. The van der Waals surface area contributed by atoms with Crippen LogP contribution in [-0.4, -0.2) is 28.2 Å². The number of aliphatic imine (C=N–C) groups is 1. The summed E-state index contributed by atoms with van der Waals surface area (Å²) in [5.41, 5.74) is 3.40. The molecule has 2 heterocycles. The molecule has 4 rings (SSSR count). The number of fused-ring (bicyclic) bond motifs is 1. The number of nitrogens with one attached hydrogen (secondary N) is 1. The second kappa shape index (κ2) is 8.99. The van der Waals surface area contributed by atoms with Crippen molar-refractivity contribution in [3.8, 4) is 0 Å². The molecule has 0 radical (unpaired) electrons. The van der Waals surface area contributed by atoms with Crippen molar-refractivity contribution in [2.45, 2.75) is 20.4 Å². The van der Waals surface area contributed by atoms with E-state index in [2.05, 4.69) is 10.3 Å². The molecular formula is C23H20ClN3O3S. The summed E-state index contributed by atoms with van der Waals surface area (Å²) in [4.78, 5) is 29.7. The molecule has 158 valence electrons. The van der Waals surface area contributed by atoms with Gasteiger partial charge in [-0.1, -0.05) is 29.8 Å². The summed E-state index contributed by atoms with van der Waals surface area (Å²) in [5, 5.41) is 4.90. The molecule has 6 nitrogen and oxygen atoms in total. The summed E-state index contributed by atoms with van der Waals surface area (Å²) >= 11 is 7.19. The van der Waals surface area contributed by atoms with Crippen molar-refractivity contribution in [2.24, 2.45) is 4.99 Å². The van der Waals surface area contributed by atoms with Crippen molar-refractivity contribution in [1.29, 1.82) is 0 Å². The Bertz CT molecular complexity index is 1230. The number of carbonyl (C=O) groups excluding carboxylic acids is 2. The lowest BCUT2D eigenvalue weighted by Gasteiger charge is -2.07. The Labute approximate surface area is 188 Å². The molecule has 0 saturated carbocycles. The second-order valence-electron chi connectivity index (χ2n) is 6.87. The van der Waals surface area contributed by atoms with Crippen molar-refractivity contribution >= 4 is 63.1 Å². The standard InChI is InChI=1S/C23H20ClN3O3S/c1-3-30-21(28)13-27-14(2)18(17-6-4-5-7-19(17)27)12-20-22(29)26-23(31-20)25-16-10-8-15(24)9-11-16/h4-12H,3,13H2,1-2H3,(H,25,26,29)/b20-12-. The van der Waals surface area contributed by atoms with Gasteiger partial charge in [0.05, 0.1) is 17.2 Å². The maximum absolute atomic E-state index is 12.6. The van der Waals surface area contributed by atoms with Crippen molar-refractivity contribution in [1.82, 2.24) is 9.88 Å². The summed E-state index contributed by atoms with van der Waals surface area (Å²) in [6, 6.07) is 14.9. The maximum Gasteiger partial charge on any atom is 0.325 e. The van der Waals surface area contributed by atoms with Gasteiger partial charge in [-0.2, -0.15) is 0 Å². The van der Waals surface area contributed by atoms with E-state index in [1.165, 1.54) is 11.8 Å². The van der Waals surface area contributed by atoms with Gasteiger partial charge in [0.15, 0.2) is 5.17 Å². The minimum atomic E-state index is -0.295. The van der Waals surface area contributed by atoms with Gasteiger partial charge in [-0.15, -0.1) is 0 Å². The SMILES string of the molecule is CCOC(=O)Cn1c(C)c(/C=C2\SC(=Nc3ccc(Cl)cc3)NC2=O)c2ccccc21. The van der Waals surface area contributed by atoms with Crippen molar-refractivity contribution in [3.05, 3.63) is 69.7 Å². The first kappa shape index (κ1) is 21.2. The largest absolute Gasteiger partial charge is 0.465 e. The highest BCUT2D eigenvalue weighted by Crippen LogP contribution is 2.33. The van der Waals surface area contributed by atoms with Crippen molar-refractivity contribution < 1.29 is 14.3 Å². The number of hydrogen-bond acceptors (Lipinski definition) is 5. The van der Waals surface area contributed by atoms with E-state index in [4.69, 9.17) is 16.3 Å². The zero-order chi connectivity index (χ0) is 22.0. The number of aromatic nitrogens is 1. The van der Waals surface area contributed by atoms with Crippen molar-refractivity contribution in [2.75, 3.05) is 6.61 Å². The first-order valence-electron chi connectivity index (χ1n) is 9.75. The maximum atomic E-state index is 12.6. The number of para-hydroxylation sites is 1. The molecule has 1 fully saturated rings. The highest BCUT2D eigenvalue weighted by Gasteiger charge is 2.25. The fourth-order valence-corrected chi connectivity index (χ4v) is 4.37. The molecule has 3 aromatic rings. The van der Waals surface area contributed by atoms with Gasteiger partial charge >= 0.3 is 5.97 Å². The number of esters is 1. The van der Waals surface area contributed by atoms with E-state index < -0.39 is 0 Å². The van der Waals surface area contributed by atoms with Crippen LogP contribution in [0, 0.1) is 6.92 Å². The van der Waals surface area contributed by atoms with E-state index in [0.29, 0.717) is 27.4 Å². The van der Waals surface area contributed by atoms with E-state index >= 15 is 0 Å². The Hall–Kier alpha value is -3.03. The van der Waals surface area contributed by atoms with E-state index in [1.807, 2.05) is 41.8 Å². The lowest BCUT2D eigenvalue weighted by Crippen LogP contribution is -2.19. The smallest absolute Gasteiger partial charge is 0.325 e. The van der Waals surface area contributed by atoms with Crippen LogP contribution in [0.25, 0.3) is 17.0 Å². The molecule has 0 unspecified atom stereocenters. The summed E-state index contributed by atoms with van der Waals surface area (Å²) in [6.07, 6.45) is 1.85. The molecule has 0 aliphatic carbocycles. The Kier molecular flexibility index (Phi) is 6.15. The van der Waals surface area contributed by atoms with Crippen LogP contribution < -0.4 is 5.32 Å². The summed E-state index contributed by atoms with van der Waals surface area (Å²) in [5.74, 6) is -0.504. The van der Waals surface area contributed by atoms with Gasteiger partial charge in [-0.3, -0.25) is 9.59 Å². The fraction of sp³-hybridized carbons (Fsp3) is 0.174. The third-order valence-corrected chi connectivity index (χ3v) is 6.02. The van der Waals surface area contributed by atoms with Crippen LogP contribution in [0.3, 0.4) is 0 Å². The molecule has 1 N–H and O–H groups in total. The van der Waals surface area contributed by atoms with E-state index in [0.717, 1.165) is 22.2 Å². The summed E-state index contributed by atoms with van der Waals surface area (Å²) in [7, 11) is 0. The van der Waals surface area contributed by atoms with Gasteiger partial charge in [0, 0.05) is 27.2 Å². The Morgan fingerprint density at radius 2 is 1.97 bits per heavy atom. The minimum absolute atomic E-state index is 0.117. The molecule has 1 aromatic heterocycles. The van der Waals surface area contributed by atoms with Crippen LogP contribution in [0.5, 0.6) is 0 Å². The predicted octanol–water partition coefficient (Wildman–Crippen LogP) is 5.06. The predicted molar refractivity (Wildman–Crippen MR) is 126 cm³/mol. The Morgan fingerprint density at radius 3 is 2.71 bits per heavy atom. The Morgan fingerprint density at radius 1 is 1.23 bits per heavy atom. The third-order valence-electron chi connectivity index (χ3n) is 4.86.